The maximum atomic E-state index is 12.9. The van der Waals surface area contributed by atoms with Crippen LogP contribution in [0.2, 0.25) is 0 Å². The number of hydrogen-bond donors (Lipinski definition) is 1. The predicted octanol–water partition coefficient (Wildman–Crippen LogP) is 3.34. The molecular weight excluding hydrogens is 384 g/mol. The van der Waals surface area contributed by atoms with Crippen LogP contribution in [-0.2, 0) is 25.6 Å². The minimum Gasteiger partial charge on any atom is -0.469 e. The topological polar surface area (TPSA) is 90.7 Å². The van der Waals surface area contributed by atoms with Crippen LogP contribution in [-0.4, -0.2) is 31.3 Å². The molecule has 3 rings (SSSR count). The fraction of sp³-hybridized carbons (Fsp3) is 0.348. The Kier molecular flexibility index (Phi) is 6.40. The number of esters is 2. The fourth-order valence-electron chi connectivity index (χ4n) is 3.97. The molecule has 2 aromatic rings. The Hall–Kier alpha value is -3.35. The Bertz CT molecular complexity index is 984. The van der Waals surface area contributed by atoms with Gasteiger partial charge in [0.05, 0.1) is 31.4 Å². The lowest BCUT2D eigenvalue weighted by Crippen LogP contribution is -2.35. The van der Waals surface area contributed by atoms with Crippen molar-refractivity contribution in [2.45, 2.75) is 33.2 Å². The molecule has 1 aromatic heterocycles. The summed E-state index contributed by atoms with van der Waals surface area (Å²) in [6.45, 7) is 5.92. The van der Waals surface area contributed by atoms with E-state index in [1.807, 2.05) is 43.3 Å². The van der Waals surface area contributed by atoms with Gasteiger partial charge in [0.25, 0.3) is 0 Å². The van der Waals surface area contributed by atoms with Crippen molar-refractivity contribution in [3.63, 3.8) is 0 Å². The molecule has 0 amide bonds. The summed E-state index contributed by atoms with van der Waals surface area (Å²) in [6, 6.07) is 9.84. The molecule has 0 radical (unpaired) electrons. The first kappa shape index (κ1) is 21.4. The molecule has 7 heteroatoms. The van der Waals surface area contributed by atoms with Crippen molar-refractivity contribution >= 4 is 11.9 Å². The molecule has 1 heterocycles. The van der Waals surface area contributed by atoms with E-state index in [1.165, 1.54) is 14.2 Å². The Morgan fingerprint density at radius 2 is 1.80 bits per heavy atom. The molecule has 1 N–H and O–H groups in total. The van der Waals surface area contributed by atoms with Gasteiger partial charge >= 0.3 is 11.9 Å². The molecule has 2 unspecified atom stereocenters. The van der Waals surface area contributed by atoms with E-state index in [2.05, 4.69) is 10.5 Å². The maximum Gasteiger partial charge on any atom is 0.336 e. The SMILES string of the molecule is COC(=O)C1=C(NCc2ccccc2)C=C(C)C(C(=O)OC)C1c1c(C)noc1C. The molecule has 0 bridgehead atoms. The number of hydrogen-bond acceptors (Lipinski definition) is 7. The first-order valence-corrected chi connectivity index (χ1v) is 9.68. The lowest BCUT2D eigenvalue weighted by Gasteiger charge is -2.32. The molecule has 0 fully saturated rings. The van der Waals surface area contributed by atoms with Crippen LogP contribution in [0.1, 0.15) is 35.4 Å². The number of carbonyl (C=O) groups is 2. The Morgan fingerprint density at radius 1 is 1.10 bits per heavy atom. The van der Waals surface area contributed by atoms with Crippen molar-refractivity contribution in [2.75, 3.05) is 14.2 Å². The standard InChI is InChI=1S/C23H26N2O5/c1-13-11-17(24-12-16-9-7-6-8-10-16)20(23(27)29-5)21(18(13)22(26)28-4)19-14(2)25-30-15(19)3/h6-11,18,21,24H,12H2,1-5H3. The van der Waals surface area contributed by atoms with E-state index in [9.17, 15) is 9.59 Å². The van der Waals surface area contributed by atoms with E-state index in [1.54, 1.807) is 13.8 Å². The lowest BCUT2D eigenvalue weighted by atomic mass is 9.72. The van der Waals surface area contributed by atoms with Gasteiger partial charge in [-0.2, -0.15) is 0 Å². The van der Waals surface area contributed by atoms with Gasteiger partial charge in [-0.25, -0.2) is 4.79 Å². The molecule has 7 nitrogen and oxygen atoms in total. The summed E-state index contributed by atoms with van der Waals surface area (Å²) in [6.07, 6.45) is 1.81. The van der Waals surface area contributed by atoms with E-state index in [4.69, 9.17) is 14.0 Å². The summed E-state index contributed by atoms with van der Waals surface area (Å²) in [4.78, 5) is 25.7. The second-order valence-electron chi connectivity index (χ2n) is 7.26. The second-order valence-corrected chi connectivity index (χ2v) is 7.26. The summed E-state index contributed by atoms with van der Waals surface area (Å²) in [7, 11) is 2.66. The summed E-state index contributed by atoms with van der Waals surface area (Å²) >= 11 is 0. The largest absolute Gasteiger partial charge is 0.469 e. The molecule has 1 aliphatic carbocycles. The van der Waals surface area contributed by atoms with Crippen molar-refractivity contribution in [1.82, 2.24) is 10.5 Å². The summed E-state index contributed by atoms with van der Waals surface area (Å²) < 4.78 is 15.5. The van der Waals surface area contributed by atoms with Crippen molar-refractivity contribution in [3.05, 3.63) is 75.8 Å². The number of allylic oxidation sites excluding steroid dienone is 1. The molecule has 0 aliphatic heterocycles. The third-order valence-electron chi connectivity index (χ3n) is 5.38. The Morgan fingerprint density at radius 3 is 2.37 bits per heavy atom. The van der Waals surface area contributed by atoms with Crippen LogP contribution in [0.25, 0.3) is 0 Å². The number of ether oxygens (including phenoxy) is 2. The van der Waals surface area contributed by atoms with Crippen molar-refractivity contribution in [2.24, 2.45) is 5.92 Å². The normalized spacial score (nSPS) is 18.6. The maximum absolute atomic E-state index is 12.9. The molecule has 158 valence electrons. The zero-order valence-electron chi connectivity index (χ0n) is 17.8. The van der Waals surface area contributed by atoms with Gasteiger partial charge in [-0.05, 0) is 32.4 Å². The highest BCUT2D eigenvalue weighted by molar-refractivity contribution is 5.95. The average Bonchev–Trinajstić information content (AvgIpc) is 3.09. The zero-order chi connectivity index (χ0) is 21.8. The number of methoxy groups -OCH3 is 2. The first-order valence-electron chi connectivity index (χ1n) is 9.68. The van der Waals surface area contributed by atoms with Gasteiger partial charge < -0.3 is 19.3 Å². The molecular formula is C23H26N2O5. The molecule has 2 atom stereocenters. The van der Waals surface area contributed by atoms with E-state index < -0.39 is 23.8 Å². The fourth-order valence-corrected chi connectivity index (χ4v) is 3.97. The lowest BCUT2D eigenvalue weighted by molar-refractivity contribution is -0.145. The van der Waals surface area contributed by atoms with Gasteiger partial charge in [-0.3, -0.25) is 4.79 Å². The van der Waals surface area contributed by atoms with Crippen LogP contribution in [0.5, 0.6) is 0 Å². The monoisotopic (exact) mass is 410 g/mol. The average molecular weight is 410 g/mol. The summed E-state index contributed by atoms with van der Waals surface area (Å²) in [5.74, 6) is -1.74. The van der Waals surface area contributed by atoms with Crippen LogP contribution < -0.4 is 5.32 Å². The van der Waals surface area contributed by atoms with E-state index in [-0.39, 0.29) is 0 Å². The number of benzene rings is 1. The molecule has 1 aromatic carbocycles. The highest BCUT2D eigenvalue weighted by Gasteiger charge is 2.44. The Labute approximate surface area is 175 Å². The van der Waals surface area contributed by atoms with Crippen molar-refractivity contribution < 1.29 is 23.6 Å². The van der Waals surface area contributed by atoms with Crippen LogP contribution in [0.4, 0.5) is 0 Å². The van der Waals surface area contributed by atoms with Gasteiger partial charge in [-0.1, -0.05) is 41.1 Å². The number of aromatic nitrogens is 1. The van der Waals surface area contributed by atoms with Gasteiger partial charge in [-0.15, -0.1) is 0 Å². The first-order chi connectivity index (χ1) is 14.4. The molecule has 30 heavy (non-hydrogen) atoms. The zero-order valence-corrected chi connectivity index (χ0v) is 17.8. The second kappa shape index (κ2) is 8.98. The summed E-state index contributed by atoms with van der Waals surface area (Å²) in [5.41, 5.74) is 4.10. The van der Waals surface area contributed by atoms with Crippen LogP contribution in [0.15, 0.2) is 57.8 Å². The predicted molar refractivity (Wildman–Crippen MR) is 110 cm³/mol. The molecule has 0 saturated heterocycles. The van der Waals surface area contributed by atoms with Gasteiger partial charge in [0.2, 0.25) is 0 Å². The number of nitrogens with zero attached hydrogens (tertiary/aromatic N) is 1. The third kappa shape index (κ3) is 4.01. The highest BCUT2D eigenvalue weighted by Crippen LogP contribution is 2.44. The number of rotatable bonds is 6. The minimum atomic E-state index is -0.692. The van der Waals surface area contributed by atoms with E-state index in [0.717, 1.165) is 11.1 Å². The molecule has 0 spiro atoms. The van der Waals surface area contributed by atoms with E-state index >= 15 is 0 Å². The van der Waals surface area contributed by atoms with Crippen molar-refractivity contribution in [1.29, 1.82) is 0 Å². The van der Waals surface area contributed by atoms with Crippen LogP contribution in [0.3, 0.4) is 0 Å². The van der Waals surface area contributed by atoms with Gasteiger partial charge in [0.1, 0.15) is 5.76 Å². The number of carbonyl (C=O) groups excluding carboxylic acids is 2. The highest BCUT2D eigenvalue weighted by atomic mass is 16.5. The minimum absolute atomic E-state index is 0.351. The van der Waals surface area contributed by atoms with Gasteiger partial charge in [0.15, 0.2) is 0 Å². The van der Waals surface area contributed by atoms with Crippen LogP contribution in [0, 0.1) is 19.8 Å². The van der Waals surface area contributed by atoms with Gasteiger partial charge in [0, 0.05) is 23.7 Å². The Balaban J connectivity index is 2.15. The quantitative estimate of drug-likeness (QED) is 0.731. The smallest absolute Gasteiger partial charge is 0.336 e. The van der Waals surface area contributed by atoms with Crippen molar-refractivity contribution in [3.8, 4) is 0 Å². The van der Waals surface area contributed by atoms with Crippen LogP contribution >= 0.6 is 0 Å². The van der Waals surface area contributed by atoms with E-state index in [0.29, 0.717) is 34.8 Å². The molecule has 1 aliphatic rings. The number of nitrogens with one attached hydrogen (secondary N) is 1. The number of aryl methyl sites for hydroxylation is 2. The molecule has 0 saturated carbocycles. The summed E-state index contributed by atoms with van der Waals surface area (Å²) in [5, 5.41) is 7.37. The third-order valence-corrected chi connectivity index (χ3v) is 5.38.